The molecule has 3 rings (SSSR count). The molecule has 124 valence electrons. The molecule has 3 aromatic carbocycles. The van der Waals surface area contributed by atoms with Crippen LogP contribution >= 0.6 is 0 Å². The molecule has 0 aliphatic heterocycles. The molecule has 0 atom stereocenters. The maximum atomic E-state index is 13.0. The van der Waals surface area contributed by atoms with Gasteiger partial charge in [0.1, 0.15) is 0 Å². The van der Waals surface area contributed by atoms with Crippen molar-refractivity contribution >= 4 is 23.2 Å². The minimum absolute atomic E-state index is 0.109. The summed E-state index contributed by atoms with van der Waals surface area (Å²) in [6, 6.07) is 25.7. The molecule has 0 fully saturated rings. The van der Waals surface area contributed by atoms with Crippen LogP contribution in [0.4, 0.5) is 5.69 Å². The van der Waals surface area contributed by atoms with E-state index in [0.717, 1.165) is 22.4 Å². The fourth-order valence-electron chi connectivity index (χ4n) is 2.76. The average molecular weight is 327 g/mol. The zero-order valence-corrected chi connectivity index (χ0v) is 14.5. The lowest BCUT2D eigenvalue weighted by molar-refractivity contribution is -0.111. The number of rotatable bonds is 4. The van der Waals surface area contributed by atoms with Gasteiger partial charge in [-0.3, -0.25) is 4.79 Å². The van der Waals surface area contributed by atoms with E-state index in [4.69, 9.17) is 0 Å². The molecule has 0 aliphatic rings. The van der Waals surface area contributed by atoms with Gasteiger partial charge in [-0.15, -0.1) is 0 Å². The highest BCUT2D eigenvalue weighted by Gasteiger charge is 2.13. The van der Waals surface area contributed by atoms with Crippen LogP contribution in [0, 0.1) is 13.8 Å². The minimum atomic E-state index is -0.109. The molecular weight excluding hydrogens is 306 g/mol. The van der Waals surface area contributed by atoms with Gasteiger partial charge >= 0.3 is 0 Å². The number of aryl methyl sites for hydroxylation is 2. The second kappa shape index (κ2) is 7.63. The van der Waals surface area contributed by atoms with Crippen LogP contribution in [0.3, 0.4) is 0 Å². The minimum Gasteiger partial charge on any atom is -0.322 e. The van der Waals surface area contributed by atoms with Crippen LogP contribution in [0.1, 0.15) is 22.3 Å². The molecule has 0 saturated heterocycles. The maximum Gasteiger partial charge on any atom is 0.256 e. The third kappa shape index (κ3) is 4.24. The lowest BCUT2D eigenvalue weighted by Crippen LogP contribution is -2.14. The topological polar surface area (TPSA) is 29.1 Å². The molecule has 0 aromatic heterocycles. The third-order valence-corrected chi connectivity index (χ3v) is 4.07. The monoisotopic (exact) mass is 327 g/mol. The number of carbonyl (C=O) groups excluding carboxylic acids is 1. The smallest absolute Gasteiger partial charge is 0.256 e. The normalized spacial score (nSPS) is 11.2. The molecule has 0 aliphatic carbocycles. The first-order valence-corrected chi connectivity index (χ1v) is 8.34. The molecule has 0 spiro atoms. The zero-order chi connectivity index (χ0) is 17.6. The Morgan fingerprint density at radius 1 is 0.840 bits per heavy atom. The van der Waals surface area contributed by atoms with Gasteiger partial charge in [-0.25, -0.2) is 0 Å². The van der Waals surface area contributed by atoms with Crippen molar-refractivity contribution in [3.05, 3.63) is 101 Å². The summed E-state index contributed by atoms with van der Waals surface area (Å²) in [5, 5.41) is 3.05. The van der Waals surface area contributed by atoms with Gasteiger partial charge < -0.3 is 5.32 Å². The molecule has 2 nitrogen and oxygen atoms in total. The van der Waals surface area contributed by atoms with E-state index in [0.29, 0.717) is 5.57 Å². The van der Waals surface area contributed by atoms with Crippen LogP contribution in [0.15, 0.2) is 78.9 Å². The van der Waals surface area contributed by atoms with Crippen molar-refractivity contribution in [3.63, 3.8) is 0 Å². The molecule has 0 bridgehead atoms. The first-order valence-electron chi connectivity index (χ1n) is 8.34. The largest absolute Gasteiger partial charge is 0.322 e. The predicted molar refractivity (Wildman–Crippen MR) is 105 cm³/mol. The number of amides is 1. The van der Waals surface area contributed by atoms with Crippen LogP contribution in [-0.4, -0.2) is 5.91 Å². The van der Waals surface area contributed by atoms with E-state index < -0.39 is 0 Å². The van der Waals surface area contributed by atoms with Gasteiger partial charge in [0.25, 0.3) is 5.91 Å². The molecule has 0 unspecified atom stereocenters. The summed E-state index contributed by atoms with van der Waals surface area (Å²) < 4.78 is 0. The number of benzene rings is 3. The van der Waals surface area contributed by atoms with E-state index in [1.807, 2.05) is 92.7 Å². The molecule has 0 heterocycles. The molecule has 3 aromatic rings. The van der Waals surface area contributed by atoms with Gasteiger partial charge in [-0.05, 0) is 42.7 Å². The van der Waals surface area contributed by atoms with E-state index in [9.17, 15) is 4.79 Å². The summed E-state index contributed by atoms with van der Waals surface area (Å²) in [6.45, 7) is 4.05. The van der Waals surface area contributed by atoms with Crippen LogP contribution in [0.2, 0.25) is 0 Å². The van der Waals surface area contributed by atoms with Crippen molar-refractivity contribution in [1.82, 2.24) is 0 Å². The Balaban J connectivity index is 1.97. The third-order valence-electron chi connectivity index (χ3n) is 4.07. The van der Waals surface area contributed by atoms with Gasteiger partial charge in [-0.2, -0.15) is 0 Å². The highest BCUT2D eigenvalue weighted by molar-refractivity contribution is 6.29. The summed E-state index contributed by atoms with van der Waals surface area (Å²) >= 11 is 0. The van der Waals surface area contributed by atoms with Gasteiger partial charge in [0, 0.05) is 11.3 Å². The Morgan fingerprint density at radius 2 is 1.48 bits per heavy atom. The molecule has 25 heavy (non-hydrogen) atoms. The van der Waals surface area contributed by atoms with Crippen molar-refractivity contribution in [2.45, 2.75) is 13.8 Å². The Hall–Kier alpha value is -3.13. The molecule has 0 radical (unpaired) electrons. The summed E-state index contributed by atoms with van der Waals surface area (Å²) in [6.07, 6.45) is 1.92. The summed E-state index contributed by atoms with van der Waals surface area (Å²) in [5.74, 6) is -0.109. The second-order valence-corrected chi connectivity index (χ2v) is 6.11. The van der Waals surface area contributed by atoms with Crippen molar-refractivity contribution < 1.29 is 4.79 Å². The van der Waals surface area contributed by atoms with E-state index in [1.54, 1.807) is 0 Å². The first kappa shape index (κ1) is 16.7. The standard InChI is InChI=1S/C23H21NO/c1-17-13-14-22(18(2)15-17)24-23(25)21(20-11-7-4-8-12-20)16-19-9-5-3-6-10-19/h3-16H,1-2H3,(H,24,25). The van der Waals surface area contributed by atoms with E-state index in [1.165, 1.54) is 5.56 Å². The molecule has 1 amide bonds. The van der Waals surface area contributed by atoms with Crippen LogP contribution in [-0.2, 0) is 4.79 Å². The van der Waals surface area contributed by atoms with E-state index >= 15 is 0 Å². The van der Waals surface area contributed by atoms with Gasteiger partial charge in [0.2, 0.25) is 0 Å². The lowest BCUT2D eigenvalue weighted by Gasteiger charge is -2.12. The van der Waals surface area contributed by atoms with Gasteiger partial charge in [0.05, 0.1) is 0 Å². The number of hydrogen-bond donors (Lipinski definition) is 1. The van der Waals surface area contributed by atoms with Crippen molar-refractivity contribution in [2.75, 3.05) is 5.32 Å². The summed E-state index contributed by atoms with van der Waals surface area (Å²) in [4.78, 5) is 13.0. The zero-order valence-electron chi connectivity index (χ0n) is 14.5. The number of hydrogen-bond acceptors (Lipinski definition) is 1. The lowest BCUT2D eigenvalue weighted by atomic mass is 10.0. The van der Waals surface area contributed by atoms with Crippen LogP contribution < -0.4 is 5.32 Å². The fraction of sp³-hybridized carbons (Fsp3) is 0.0870. The maximum absolute atomic E-state index is 13.0. The Morgan fingerprint density at radius 3 is 2.12 bits per heavy atom. The fourth-order valence-corrected chi connectivity index (χ4v) is 2.76. The Labute approximate surface area is 148 Å². The van der Waals surface area contributed by atoms with E-state index in [-0.39, 0.29) is 5.91 Å². The van der Waals surface area contributed by atoms with Crippen LogP contribution in [0.5, 0.6) is 0 Å². The van der Waals surface area contributed by atoms with Crippen molar-refractivity contribution in [1.29, 1.82) is 0 Å². The van der Waals surface area contributed by atoms with Gasteiger partial charge in [0.15, 0.2) is 0 Å². The van der Waals surface area contributed by atoms with Gasteiger partial charge in [-0.1, -0.05) is 78.4 Å². The Bertz CT molecular complexity index is 896. The predicted octanol–water partition coefficient (Wildman–Crippen LogP) is 5.48. The number of carbonyl (C=O) groups is 1. The number of anilines is 1. The first-order chi connectivity index (χ1) is 12.1. The van der Waals surface area contributed by atoms with Crippen molar-refractivity contribution in [3.8, 4) is 0 Å². The summed E-state index contributed by atoms with van der Waals surface area (Å²) in [7, 11) is 0. The molecule has 1 N–H and O–H groups in total. The molecule has 2 heteroatoms. The SMILES string of the molecule is Cc1ccc(NC(=O)C(=Cc2ccccc2)c2ccccc2)c(C)c1. The highest BCUT2D eigenvalue weighted by atomic mass is 16.1. The quantitative estimate of drug-likeness (QED) is 0.499. The molecule has 0 saturated carbocycles. The highest BCUT2D eigenvalue weighted by Crippen LogP contribution is 2.22. The second-order valence-electron chi connectivity index (χ2n) is 6.11. The summed E-state index contributed by atoms with van der Waals surface area (Å²) in [5.41, 5.74) is 5.61. The van der Waals surface area contributed by atoms with E-state index in [2.05, 4.69) is 11.4 Å². The average Bonchev–Trinajstić information content (AvgIpc) is 2.63. The van der Waals surface area contributed by atoms with Crippen LogP contribution in [0.25, 0.3) is 11.6 Å². The Kier molecular flexibility index (Phi) is 5.10. The number of nitrogens with one attached hydrogen (secondary N) is 1. The van der Waals surface area contributed by atoms with Crippen molar-refractivity contribution in [2.24, 2.45) is 0 Å². The molecular formula is C23H21NO.